The number of rotatable bonds is 4. The fourth-order valence-electron chi connectivity index (χ4n) is 1.75. The molecular weight excluding hydrogens is 212 g/mol. The molecule has 2 aromatic rings. The van der Waals surface area contributed by atoms with Crippen LogP contribution in [-0.2, 0) is 0 Å². The van der Waals surface area contributed by atoms with Crippen LogP contribution in [0.4, 0.5) is 0 Å². The molecule has 2 rings (SSSR count). The minimum absolute atomic E-state index is 0.128. The van der Waals surface area contributed by atoms with Gasteiger partial charge in [0.2, 0.25) is 0 Å². The van der Waals surface area contributed by atoms with Gasteiger partial charge in [0.05, 0.1) is 12.2 Å². The predicted octanol–water partition coefficient (Wildman–Crippen LogP) is 1.88. The van der Waals surface area contributed by atoms with Crippen molar-refractivity contribution >= 4 is 0 Å². The molecule has 4 nitrogen and oxygen atoms in total. The van der Waals surface area contributed by atoms with Crippen molar-refractivity contribution < 1.29 is 0 Å². The minimum Gasteiger partial charge on any atom is -0.306 e. The first-order valence-electron chi connectivity index (χ1n) is 5.73. The molecule has 2 heterocycles. The molecule has 0 spiro atoms. The first kappa shape index (κ1) is 11.7. The summed E-state index contributed by atoms with van der Waals surface area (Å²) in [5.74, 6) is 0. The van der Waals surface area contributed by atoms with Crippen LogP contribution < -0.4 is 5.32 Å². The number of nitrogens with zero attached hydrogens (tertiary/aromatic N) is 3. The largest absolute Gasteiger partial charge is 0.306 e. The molecule has 0 bridgehead atoms. The third-order valence-corrected chi connectivity index (χ3v) is 2.62. The highest BCUT2D eigenvalue weighted by Crippen LogP contribution is 2.20. The first-order valence-corrected chi connectivity index (χ1v) is 5.73. The normalized spacial score (nSPS) is 12.4. The van der Waals surface area contributed by atoms with E-state index in [0.29, 0.717) is 0 Å². The summed E-state index contributed by atoms with van der Waals surface area (Å²) in [4.78, 5) is 4.33. The molecule has 0 aliphatic carbocycles. The lowest BCUT2D eigenvalue weighted by atomic mass is 10.0. The van der Waals surface area contributed by atoms with E-state index in [2.05, 4.69) is 33.5 Å². The monoisotopic (exact) mass is 228 g/mol. The second kappa shape index (κ2) is 5.50. The number of hydrogen-bond donors (Lipinski definition) is 1. The Morgan fingerprint density at radius 3 is 2.53 bits per heavy atom. The van der Waals surface area contributed by atoms with Gasteiger partial charge in [-0.15, -0.1) is 0 Å². The van der Waals surface area contributed by atoms with Crippen molar-refractivity contribution in [1.82, 2.24) is 20.5 Å². The zero-order valence-electron chi connectivity index (χ0n) is 10.1. The molecule has 4 heteroatoms. The van der Waals surface area contributed by atoms with Gasteiger partial charge >= 0.3 is 0 Å². The van der Waals surface area contributed by atoms with Gasteiger partial charge in [0.1, 0.15) is 0 Å². The van der Waals surface area contributed by atoms with Gasteiger partial charge < -0.3 is 5.32 Å². The van der Waals surface area contributed by atoms with Gasteiger partial charge in [-0.2, -0.15) is 10.2 Å². The van der Waals surface area contributed by atoms with Crippen LogP contribution >= 0.6 is 0 Å². The number of aromatic nitrogens is 3. The van der Waals surface area contributed by atoms with Gasteiger partial charge in [-0.3, -0.25) is 4.98 Å². The molecule has 0 aromatic carbocycles. The maximum atomic E-state index is 4.33. The molecule has 0 saturated carbocycles. The maximum absolute atomic E-state index is 4.33. The van der Waals surface area contributed by atoms with Crippen molar-refractivity contribution in [3.8, 4) is 0 Å². The lowest BCUT2D eigenvalue weighted by Crippen LogP contribution is -2.22. The molecule has 1 atom stereocenters. The molecule has 1 N–H and O–H groups in total. The summed E-state index contributed by atoms with van der Waals surface area (Å²) in [7, 11) is 0. The van der Waals surface area contributed by atoms with Gasteiger partial charge in [0.25, 0.3) is 0 Å². The van der Waals surface area contributed by atoms with Crippen molar-refractivity contribution in [2.75, 3.05) is 6.54 Å². The standard InChI is InChI=1S/C13H16N4/c1-3-14-13(12-6-7-16-17-9-12)11-5-4-10(2)15-8-11/h4-9,13-14H,3H2,1-2H3. The molecule has 17 heavy (non-hydrogen) atoms. The number of pyridine rings is 1. The van der Waals surface area contributed by atoms with Crippen LogP contribution in [0.25, 0.3) is 0 Å². The van der Waals surface area contributed by atoms with E-state index in [1.54, 1.807) is 12.4 Å². The molecule has 0 fully saturated rings. The van der Waals surface area contributed by atoms with E-state index in [-0.39, 0.29) is 6.04 Å². The summed E-state index contributed by atoms with van der Waals surface area (Å²) < 4.78 is 0. The Morgan fingerprint density at radius 1 is 1.12 bits per heavy atom. The Morgan fingerprint density at radius 2 is 1.94 bits per heavy atom. The van der Waals surface area contributed by atoms with Crippen molar-refractivity contribution in [2.24, 2.45) is 0 Å². The van der Waals surface area contributed by atoms with Crippen molar-refractivity contribution in [2.45, 2.75) is 19.9 Å². The zero-order valence-corrected chi connectivity index (χ0v) is 10.1. The first-order chi connectivity index (χ1) is 8.31. The number of nitrogens with one attached hydrogen (secondary N) is 1. The Bertz CT molecular complexity index is 453. The third kappa shape index (κ3) is 2.85. The van der Waals surface area contributed by atoms with Crippen molar-refractivity contribution in [3.63, 3.8) is 0 Å². The highest BCUT2D eigenvalue weighted by molar-refractivity contribution is 5.28. The van der Waals surface area contributed by atoms with Gasteiger partial charge in [-0.05, 0) is 36.7 Å². The average molecular weight is 228 g/mol. The summed E-state index contributed by atoms with van der Waals surface area (Å²) in [6.07, 6.45) is 5.40. The second-order valence-electron chi connectivity index (χ2n) is 3.90. The molecule has 1 unspecified atom stereocenters. The zero-order chi connectivity index (χ0) is 12.1. The van der Waals surface area contributed by atoms with Crippen LogP contribution in [-0.4, -0.2) is 21.7 Å². The van der Waals surface area contributed by atoms with Crippen LogP contribution in [0.2, 0.25) is 0 Å². The van der Waals surface area contributed by atoms with Crippen LogP contribution in [0.1, 0.15) is 29.8 Å². The number of aryl methyl sites for hydroxylation is 1. The highest BCUT2D eigenvalue weighted by atomic mass is 15.1. The van der Waals surface area contributed by atoms with E-state index in [4.69, 9.17) is 0 Å². The average Bonchev–Trinajstić information content (AvgIpc) is 2.38. The van der Waals surface area contributed by atoms with Crippen molar-refractivity contribution in [1.29, 1.82) is 0 Å². The van der Waals surface area contributed by atoms with Gasteiger partial charge in [-0.1, -0.05) is 13.0 Å². The molecular formula is C13H16N4. The third-order valence-electron chi connectivity index (χ3n) is 2.62. The molecule has 0 aliphatic heterocycles. The summed E-state index contributed by atoms with van der Waals surface area (Å²) >= 11 is 0. The molecule has 88 valence electrons. The summed E-state index contributed by atoms with van der Waals surface area (Å²) in [6, 6.07) is 6.22. The molecule has 2 aromatic heterocycles. The molecule has 0 aliphatic rings. The lowest BCUT2D eigenvalue weighted by molar-refractivity contribution is 0.624. The Balaban J connectivity index is 2.32. The van der Waals surface area contributed by atoms with E-state index >= 15 is 0 Å². The highest BCUT2D eigenvalue weighted by Gasteiger charge is 2.13. The van der Waals surface area contributed by atoms with Gasteiger partial charge in [0, 0.05) is 18.1 Å². The molecule has 0 radical (unpaired) electrons. The maximum Gasteiger partial charge on any atom is 0.0608 e. The van der Waals surface area contributed by atoms with Crippen LogP contribution in [0.15, 0.2) is 36.8 Å². The van der Waals surface area contributed by atoms with E-state index in [1.807, 2.05) is 25.3 Å². The van der Waals surface area contributed by atoms with Crippen LogP contribution in [0.3, 0.4) is 0 Å². The summed E-state index contributed by atoms with van der Waals surface area (Å²) in [6.45, 7) is 4.96. The van der Waals surface area contributed by atoms with Crippen LogP contribution in [0, 0.1) is 6.92 Å². The fourth-order valence-corrected chi connectivity index (χ4v) is 1.75. The topological polar surface area (TPSA) is 50.7 Å². The molecule has 0 saturated heterocycles. The molecule has 0 amide bonds. The number of hydrogen-bond acceptors (Lipinski definition) is 4. The smallest absolute Gasteiger partial charge is 0.0608 e. The lowest BCUT2D eigenvalue weighted by Gasteiger charge is -2.17. The van der Waals surface area contributed by atoms with Crippen molar-refractivity contribution in [3.05, 3.63) is 53.6 Å². The Hall–Kier alpha value is -1.81. The van der Waals surface area contributed by atoms with E-state index in [1.165, 1.54) is 0 Å². The Labute approximate surface area is 101 Å². The second-order valence-corrected chi connectivity index (χ2v) is 3.90. The van der Waals surface area contributed by atoms with E-state index in [0.717, 1.165) is 23.4 Å². The SMILES string of the molecule is CCNC(c1ccnnc1)c1ccc(C)nc1. The van der Waals surface area contributed by atoms with E-state index in [9.17, 15) is 0 Å². The van der Waals surface area contributed by atoms with Gasteiger partial charge in [-0.25, -0.2) is 0 Å². The van der Waals surface area contributed by atoms with Crippen LogP contribution in [0.5, 0.6) is 0 Å². The summed E-state index contributed by atoms with van der Waals surface area (Å²) in [5.41, 5.74) is 3.27. The Kier molecular flexibility index (Phi) is 3.77. The van der Waals surface area contributed by atoms with Gasteiger partial charge in [0.15, 0.2) is 0 Å². The van der Waals surface area contributed by atoms with E-state index < -0.39 is 0 Å². The predicted molar refractivity (Wildman–Crippen MR) is 66.5 cm³/mol. The summed E-state index contributed by atoms with van der Waals surface area (Å²) in [5, 5.41) is 11.1. The quantitative estimate of drug-likeness (QED) is 0.868. The minimum atomic E-state index is 0.128. The fraction of sp³-hybridized carbons (Fsp3) is 0.308.